The van der Waals surface area contributed by atoms with E-state index in [0.717, 1.165) is 12.8 Å². The Morgan fingerprint density at radius 2 is 2.08 bits per heavy atom. The van der Waals surface area contributed by atoms with Gasteiger partial charge in [0.1, 0.15) is 9.84 Å². The standard InChI is InChI=1S/C7H15NO3S/c1-12(9,10)3-2-11-7-4-6(8)5-7/h6-7H,2-5,8H2,1H3. The molecule has 1 rings (SSSR count). The van der Waals surface area contributed by atoms with Gasteiger partial charge in [0.2, 0.25) is 0 Å². The van der Waals surface area contributed by atoms with Gasteiger partial charge in [-0.05, 0) is 12.8 Å². The van der Waals surface area contributed by atoms with Crippen molar-refractivity contribution < 1.29 is 13.2 Å². The lowest BCUT2D eigenvalue weighted by atomic mass is 9.90. The van der Waals surface area contributed by atoms with Crippen molar-refractivity contribution in [3.05, 3.63) is 0 Å². The predicted octanol–water partition coefficient (Wildman–Crippen LogP) is -0.463. The molecule has 0 bridgehead atoms. The molecule has 0 atom stereocenters. The van der Waals surface area contributed by atoms with Crippen LogP contribution < -0.4 is 5.73 Å². The molecule has 0 aliphatic heterocycles. The molecule has 0 heterocycles. The first-order chi connectivity index (χ1) is 5.47. The van der Waals surface area contributed by atoms with Gasteiger partial charge in [0.05, 0.1) is 18.5 Å². The Morgan fingerprint density at radius 3 is 2.50 bits per heavy atom. The van der Waals surface area contributed by atoms with E-state index in [1.807, 2.05) is 0 Å². The van der Waals surface area contributed by atoms with Gasteiger partial charge >= 0.3 is 0 Å². The summed E-state index contributed by atoms with van der Waals surface area (Å²) in [6, 6.07) is 0.258. The lowest BCUT2D eigenvalue weighted by Gasteiger charge is -2.32. The van der Waals surface area contributed by atoms with Crippen LogP contribution in [-0.4, -0.2) is 39.2 Å². The minimum absolute atomic E-state index is 0.110. The van der Waals surface area contributed by atoms with Crippen molar-refractivity contribution in [1.29, 1.82) is 0 Å². The van der Waals surface area contributed by atoms with E-state index < -0.39 is 9.84 Å². The quantitative estimate of drug-likeness (QED) is 0.656. The fourth-order valence-corrected chi connectivity index (χ4v) is 1.51. The van der Waals surface area contributed by atoms with Gasteiger partial charge in [-0.15, -0.1) is 0 Å². The average molecular weight is 193 g/mol. The van der Waals surface area contributed by atoms with E-state index in [0.29, 0.717) is 6.61 Å². The van der Waals surface area contributed by atoms with E-state index in [9.17, 15) is 8.42 Å². The fraction of sp³-hybridized carbons (Fsp3) is 1.00. The van der Waals surface area contributed by atoms with Crippen molar-refractivity contribution in [1.82, 2.24) is 0 Å². The van der Waals surface area contributed by atoms with Crippen LogP contribution in [0.15, 0.2) is 0 Å². The van der Waals surface area contributed by atoms with Crippen LogP contribution in [0.4, 0.5) is 0 Å². The van der Waals surface area contributed by atoms with Crippen molar-refractivity contribution in [2.45, 2.75) is 25.0 Å². The molecule has 0 aromatic rings. The first kappa shape index (κ1) is 9.95. The summed E-state index contributed by atoms with van der Waals surface area (Å²) in [5.41, 5.74) is 5.53. The van der Waals surface area contributed by atoms with E-state index in [2.05, 4.69) is 0 Å². The molecular formula is C7H15NO3S. The minimum atomic E-state index is -2.87. The van der Waals surface area contributed by atoms with E-state index in [4.69, 9.17) is 10.5 Å². The highest BCUT2D eigenvalue weighted by atomic mass is 32.2. The Balaban J connectivity index is 2.04. The van der Waals surface area contributed by atoms with Crippen LogP contribution in [-0.2, 0) is 14.6 Å². The van der Waals surface area contributed by atoms with E-state index in [1.54, 1.807) is 0 Å². The molecule has 0 spiro atoms. The molecule has 1 aliphatic carbocycles. The summed E-state index contributed by atoms with van der Waals surface area (Å²) in [5, 5.41) is 0. The summed E-state index contributed by atoms with van der Waals surface area (Å²) in [7, 11) is -2.87. The predicted molar refractivity (Wildman–Crippen MR) is 46.7 cm³/mol. The second kappa shape index (κ2) is 3.72. The van der Waals surface area contributed by atoms with Gasteiger partial charge in [-0.25, -0.2) is 8.42 Å². The number of ether oxygens (including phenoxy) is 1. The van der Waals surface area contributed by atoms with E-state index >= 15 is 0 Å². The summed E-state index contributed by atoms with van der Waals surface area (Å²) in [6.07, 6.45) is 3.14. The van der Waals surface area contributed by atoms with Gasteiger partial charge in [0, 0.05) is 12.3 Å². The van der Waals surface area contributed by atoms with Crippen molar-refractivity contribution >= 4 is 9.84 Å². The van der Waals surface area contributed by atoms with Crippen molar-refractivity contribution in [2.24, 2.45) is 5.73 Å². The molecule has 12 heavy (non-hydrogen) atoms. The highest BCUT2D eigenvalue weighted by molar-refractivity contribution is 7.90. The van der Waals surface area contributed by atoms with Gasteiger partial charge in [-0.2, -0.15) is 0 Å². The molecule has 4 nitrogen and oxygen atoms in total. The summed E-state index contributed by atoms with van der Waals surface area (Å²) in [4.78, 5) is 0. The number of hydrogen-bond acceptors (Lipinski definition) is 4. The molecule has 2 N–H and O–H groups in total. The number of sulfone groups is 1. The molecular weight excluding hydrogens is 178 g/mol. The zero-order chi connectivity index (χ0) is 9.19. The Bertz CT molecular complexity index is 231. The van der Waals surface area contributed by atoms with E-state index in [1.165, 1.54) is 6.26 Å². The Morgan fingerprint density at radius 1 is 1.50 bits per heavy atom. The summed E-state index contributed by atoms with van der Waals surface area (Å²) >= 11 is 0. The molecule has 0 radical (unpaired) electrons. The zero-order valence-corrected chi connectivity index (χ0v) is 8.01. The lowest BCUT2D eigenvalue weighted by molar-refractivity contribution is -0.000221. The molecule has 0 saturated heterocycles. The third kappa shape index (κ3) is 3.51. The first-order valence-corrected chi connectivity index (χ1v) is 6.08. The van der Waals surface area contributed by atoms with Gasteiger partial charge in [-0.3, -0.25) is 0 Å². The Hall–Kier alpha value is -0.130. The Kier molecular flexibility index (Phi) is 3.09. The maximum Gasteiger partial charge on any atom is 0.149 e. The lowest BCUT2D eigenvalue weighted by Crippen LogP contribution is -2.42. The monoisotopic (exact) mass is 193 g/mol. The SMILES string of the molecule is CS(=O)(=O)CCOC1CC(N)C1. The molecule has 1 fully saturated rings. The highest BCUT2D eigenvalue weighted by Crippen LogP contribution is 2.20. The molecule has 0 aromatic heterocycles. The maximum atomic E-state index is 10.7. The van der Waals surface area contributed by atoms with E-state index in [-0.39, 0.29) is 17.9 Å². The smallest absolute Gasteiger partial charge is 0.149 e. The molecule has 1 aliphatic rings. The second-order valence-electron chi connectivity index (χ2n) is 3.35. The van der Waals surface area contributed by atoms with Gasteiger partial charge in [0.15, 0.2) is 0 Å². The normalized spacial score (nSPS) is 29.8. The number of rotatable bonds is 4. The third-order valence-electron chi connectivity index (χ3n) is 1.94. The van der Waals surface area contributed by atoms with Crippen LogP contribution in [0.5, 0.6) is 0 Å². The van der Waals surface area contributed by atoms with Gasteiger partial charge < -0.3 is 10.5 Å². The van der Waals surface area contributed by atoms with Crippen molar-refractivity contribution in [3.63, 3.8) is 0 Å². The molecule has 0 unspecified atom stereocenters. The first-order valence-electron chi connectivity index (χ1n) is 4.02. The molecule has 1 saturated carbocycles. The van der Waals surface area contributed by atoms with Crippen LogP contribution in [0.3, 0.4) is 0 Å². The second-order valence-corrected chi connectivity index (χ2v) is 5.61. The van der Waals surface area contributed by atoms with Crippen molar-refractivity contribution in [3.8, 4) is 0 Å². The summed E-state index contributed by atoms with van der Waals surface area (Å²) in [6.45, 7) is 0.302. The Labute approximate surface area is 73.0 Å². The number of hydrogen-bond donors (Lipinski definition) is 1. The minimum Gasteiger partial charge on any atom is -0.377 e. The summed E-state index contributed by atoms with van der Waals surface area (Å²) < 4.78 is 26.6. The fourth-order valence-electron chi connectivity index (χ4n) is 1.11. The highest BCUT2D eigenvalue weighted by Gasteiger charge is 2.26. The van der Waals surface area contributed by atoms with Crippen molar-refractivity contribution in [2.75, 3.05) is 18.6 Å². The molecule has 0 amide bonds. The van der Waals surface area contributed by atoms with Crippen LogP contribution in [0, 0.1) is 0 Å². The largest absolute Gasteiger partial charge is 0.377 e. The van der Waals surface area contributed by atoms with Gasteiger partial charge in [0.25, 0.3) is 0 Å². The summed E-state index contributed by atoms with van der Waals surface area (Å²) in [5.74, 6) is 0.110. The molecule has 5 heteroatoms. The van der Waals surface area contributed by atoms with Crippen LogP contribution in [0.2, 0.25) is 0 Å². The van der Waals surface area contributed by atoms with Crippen LogP contribution in [0.1, 0.15) is 12.8 Å². The van der Waals surface area contributed by atoms with Crippen LogP contribution in [0.25, 0.3) is 0 Å². The number of nitrogens with two attached hydrogens (primary N) is 1. The van der Waals surface area contributed by atoms with Crippen LogP contribution >= 0.6 is 0 Å². The topological polar surface area (TPSA) is 69.4 Å². The van der Waals surface area contributed by atoms with Gasteiger partial charge in [-0.1, -0.05) is 0 Å². The molecule has 72 valence electrons. The molecule has 0 aromatic carbocycles. The third-order valence-corrected chi connectivity index (χ3v) is 2.85. The maximum absolute atomic E-state index is 10.7. The zero-order valence-electron chi connectivity index (χ0n) is 7.19. The average Bonchev–Trinajstić information content (AvgIpc) is 1.81.